The minimum atomic E-state index is -0.991. The van der Waals surface area contributed by atoms with Crippen LogP contribution in [0.5, 0.6) is 0 Å². The maximum Gasteiger partial charge on any atom is 0.337 e. The third-order valence-corrected chi connectivity index (χ3v) is 1.54. The average molecular weight is 181 g/mol. The quantitative estimate of drug-likeness (QED) is 0.759. The number of aliphatic carboxylic acids is 1. The standard InChI is InChI=1S/C9H11NO3/c1-2-13-8(9(11)12)7-4-3-5-10-6-7/h3-6,8H,2H2,1H3,(H,11,12). The van der Waals surface area contributed by atoms with Crippen LogP contribution < -0.4 is 0 Å². The van der Waals surface area contributed by atoms with Crippen molar-refractivity contribution < 1.29 is 14.6 Å². The van der Waals surface area contributed by atoms with Crippen LogP contribution in [0.15, 0.2) is 24.5 Å². The fourth-order valence-corrected chi connectivity index (χ4v) is 1.01. The summed E-state index contributed by atoms with van der Waals surface area (Å²) in [4.78, 5) is 14.6. The van der Waals surface area contributed by atoms with E-state index in [9.17, 15) is 4.79 Å². The molecule has 0 amide bonds. The Morgan fingerprint density at radius 3 is 3.00 bits per heavy atom. The molecule has 0 aliphatic rings. The number of pyridine rings is 1. The first-order valence-electron chi connectivity index (χ1n) is 4.00. The summed E-state index contributed by atoms with van der Waals surface area (Å²) in [6.45, 7) is 2.12. The van der Waals surface area contributed by atoms with E-state index in [2.05, 4.69) is 4.98 Å². The molecular formula is C9H11NO3. The van der Waals surface area contributed by atoms with Gasteiger partial charge in [0.15, 0.2) is 6.10 Å². The van der Waals surface area contributed by atoms with Gasteiger partial charge in [-0.3, -0.25) is 4.98 Å². The minimum Gasteiger partial charge on any atom is -0.479 e. The largest absolute Gasteiger partial charge is 0.479 e. The number of hydrogen-bond acceptors (Lipinski definition) is 3. The molecule has 13 heavy (non-hydrogen) atoms. The first-order chi connectivity index (χ1) is 6.25. The lowest BCUT2D eigenvalue weighted by atomic mass is 10.2. The molecule has 70 valence electrons. The third-order valence-electron chi connectivity index (χ3n) is 1.54. The summed E-state index contributed by atoms with van der Waals surface area (Å²) in [6.07, 6.45) is 2.18. The molecular weight excluding hydrogens is 170 g/mol. The highest BCUT2D eigenvalue weighted by atomic mass is 16.5. The van der Waals surface area contributed by atoms with Gasteiger partial charge >= 0.3 is 5.97 Å². The molecule has 0 saturated heterocycles. The molecule has 1 atom stereocenters. The summed E-state index contributed by atoms with van der Waals surface area (Å²) in [5.41, 5.74) is 0.567. The number of hydrogen-bond donors (Lipinski definition) is 1. The SMILES string of the molecule is CCOC(C(=O)O)c1cccnc1. The molecule has 1 N–H and O–H groups in total. The Kier molecular flexibility index (Phi) is 3.40. The number of ether oxygens (including phenoxy) is 1. The van der Waals surface area contributed by atoms with Crippen LogP contribution in [0, 0.1) is 0 Å². The van der Waals surface area contributed by atoms with Crippen LogP contribution in [0.4, 0.5) is 0 Å². The summed E-state index contributed by atoms with van der Waals surface area (Å²) in [5.74, 6) is -0.991. The molecule has 1 aromatic heterocycles. The van der Waals surface area contributed by atoms with Gasteiger partial charge in [0.05, 0.1) is 0 Å². The van der Waals surface area contributed by atoms with E-state index in [1.54, 1.807) is 25.3 Å². The van der Waals surface area contributed by atoms with Crippen molar-refractivity contribution in [3.8, 4) is 0 Å². The fourth-order valence-electron chi connectivity index (χ4n) is 1.01. The summed E-state index contributed by atoms with van der Waals surface area (Å²) in [5, 5.41) is 8.81. The van der Waals surface area contributed by atoms with Crippen LogP contribution in [0.3, 0.4) is 0 Å². The zero-order valence-corrected chi connectivity index (χ0v) is 7.30. The van der Waals surface area contributed by atoms with Gasteiger partial charge in [-0.1, -0.05) is 6.07 Å². The van der Waals surface area contributed by atoms with E-state index in [-0.39, 0.29) is 0 Å². The molecule has 0 spiro atoms. The van der Waals surface area contributed by atoms with Crippen LogP contribution in [0.25, 0.3) is 0 Å². The molecule has 0 radical (unpaired) electrons. The third kappa shape index (κ3) is 2.52. The Morgan fingerprint density at radius 2 is 2.54 bits per heavy atom. The van der Waals surface area contributed by atoms with Crippen LogP contribution in [-0.4, -0.2) is 22.7 Å². The lowest BCUT2D eigenvalue weighted by Gasteiger charge is -2.11. The Labute approximate surface area is 76.2 Å². The second-order valence-corrected chi connectivity index (χ2v) is 2.46. The predicted octanol–water partition coefficient (Wildman–Crippen LogP) is 1.24. The van der Waals surface area contributed by atoms with E-state index in [1.807, 2.05) is 0 Å². The normalized spacial score (nSPS) is 12.4. The summed E-state index contributed by atoms with van der Waals surface area (Å²) < 4.78 is 5.05. The maximum atomic E-state index is 10.7. The van der Waals surface area contributed by atoms with Crippen molar-refractivity contribution in [2.45, 2.75) is 13.0 Å². The number of carbonyl (C=O) groups is 1. The summed E-state index contributed by atoms with van der Waals surface area (Å²) in [7, 11) is 0. The van der Waals surface area contributed by atoms with Gasteiger partial charge in [0.25, 0.3) is 0 Å². The molecule has 4 nitrogen and oxygen atoms in total. The Morgan fingerprint density at radius 1 is 1.77 bits per heavy atom. The number of rotatable bonds is 4. The molecule has 1 rings (SSSR count). The molecule has 0 aliphatic heterocycles. The van der Waals surface area contributed by atoms with Crippen molar-refractivity contribution in [1.29, 1.82) is 0 Å². The molecule has 0 aromatic carbocycles. The average Bonchev–Trinajstić information content (AvgIpc) is 2.15. The zero-order valence-electron chi connectivity index (χ0n) is 7.30. The highest BCUT2D eigenvalue weighted by molar-refractivity contribution is 5.74. The summed E-state index contributed by atoms with van der Waals surface area (Å²) in [6, 6.07) is 3.37. The first kappa shape index (κ1) is 9.67. The topological polar surface area (TPSA) is 59.4 Å². The van der Waals surface area contributed by atoms with Gasteiger partial charge in [0.1, 0.15) is 0 Å². The maximum absolute atomic E-state index is 10.7. The van der Waals surface area contributed by atoms with Crippen LogP contribution >= 0.6 is 0 Å². The van der Waals surface area contributed by atoms with Crippen molar-refractivity contribution in [2.24, 2.45) is 0 Å². The van der Waals surface area contributed by atoms with E-state index >= 15 is 0 Å². The van der Waals surface area contributed by atoms with E-state index in [0.717, 1.165) is 0 Å². The highest BCUT2D eigenvalue weighted by Gasteiger charge is 2.19. The molecule has 1 heterocycles. The van der Waals surface area contributed by atoms with Gasteiger partial charge in [-0.2, -0.15) is 0 Å². The predicted molar refractivity (Wildman–Crippen MR) is 46.2 cm³/mol. The van der Waals surface area contributed by atoms with Gasteiger partial charge in [0, 0.05) is 24.6 Å². The number of aromatic nitrogens is 1. The van der Waals surface area contributed by atoms with Gasteiger partial charge in [-0.15, -0.1) is 0 Å². The second kappa shape index (κ2) is 4.57. The minimum absolute atomic E-state index is 0.367. The Bertz CT molecular complexity index is 273. The molecule has 1 aromatic rings. The van der Waals surface area contributed by atoms with Gasteiger partial charge in [0.2, 0.25) is 0 Å². The van der Waals surface area contributed by atoms with Crippen LogP contribution in [-0.2, 0) is 9.53 Å². The van der Waals surface area contributed by atoms with Crippen molar-refractivity contribution in [3.63, 3.8) is 0 Å². The molecule has 0 saturated carbocycles. The number of nitrogens with zero attached hydrogens (tertiary/aromatic N) is 1. The smallest absolute Gasteiger partial charge is 0.337 e. The number of carboxylic acids is 1. The molecule has 0 aliphatic carbocycles. The lowest BCUT2D eigenvalue weighted by Crippen LogP contribution is -2.15. The van der Waals surface area contributed by atoms with Crippen molar-refractivity contribution in [3.05, 3.63) is 30.1 Å². The Balaban J connectivity index is 2.82. The molecule has 4 heteroatoms. The van der Waals surface area contributed by atoms with Crippen LogP contribution in [0.1, 0.15) is 18.6 Å². The van der Waals surface area contributed by atoms with Crippen LogP contribution in [0.2, 0.25) is 0 Å². The van der Waals surface area contributed by atoms with Crippen molar-refractivity contribution in [1.82, 2.24) is 4.98 Å². The van der Waals surface area contributed by atoms with Gasteiger partial charge < -0.3 is 9.84 Å². The lowest BCUT2D eigenvalue weighted by molar-refractivity contribution is -0.150. The van der Waals surface area contributed by atoms with Crippen molar-refractivity contribution in [2.75, 3.05) is 6.61 Å². The van der Waals surface area contributed by atoms with Gasteiger partial charge in [-0.25, -0.2) is 4.79 Å². The second-order valence-electron chi connectivity index (χ2n) is 2.46. The highest BCUT2D eigenvalue weighted by Crippen LogP contribution is 2.15. The Hall–Kier alpha value is -1.42. The summed E-state index contributed by atoms with van der Waals surface area (Å²) >= 11 is 0. The van der Waals surface area contributed by atoms with E-state index in [4.69, 9.17) is 9.84 Å². The molecule has 1 unspecified atom stereocenters. The monoisotopic (exact) mass is 181 g/mol. The van der Waals surface area contributed by atoms with E-state index in [1.165, 1.54) is 6.20 Å². The number of carboxylic acid groups (broad SMARTS) is 1. The van der Waals surface area contributed by atoms with Crippen molar-refractivity contribution >= 4 is 5.97 Å². The molecule has 0 fully saturated rings. The van der Waals surface area contributed by atoms with E-state index < -0.39 is 12.1 Å². The fraction of sp³-hybridized carbons (Fsp3) is 0.333. The first-order valence-corrected chi connectivity index (χ1v) is 4.00. The van der Waals surface area contributed by atoms with E-state index in [0.29, 0.717) is 12.2 Å². The molecule has 0 bridgehead atoms. The van der Waals surface area contributed by atoms with Gasteiger partial charge in [-0.05, 0) is 13.0 Å². The zero-order chi connectivity index (χ0) is 9.68.